The van der Waals surface area contributed by atoms with Crippen molar-refractivity contribution < 1.29 is 0 Å². The van der Waals surface area contributed by atoms with E-state index in [0.29, 0.717) is 17.5 Å². The summed E-state index contributed by atoms with van der Waals surface area (Å²) in [5.41, 5.74) is 1.59. The van der Waals surface area contributed by atoms with Gasteiger partial charge in [-0.1, -0.05) is 13.3 Å². The van der Waals surface area contributed by atoms with Gasteiger partial charge >= 0.3 is 0 Å². The smallest absolute Gasteiger partial charge is 0.144 e. The van der Waals surface area contributed by atoms with E-state index in [1.54, 1.807) is 0 Å². The lowest BCUT2D eigenvalue weighted by molar-refractivity contribution is 0.554. The van der Waals surface area contributed by atoms with Crippen LogP contribution in [-0.4, -0.2) is 11.0 Å². The molecular weight excluding hydrogens is 198 g/mol. The minimum absolute atomic E-state index is 0.474. The number of nitrogens with zero attached hydrogens (tertiary/aromatic N) is 2. The summed E-state index contributed by atoms with van der Waals surface area (Å²) >= 11 is 0. The van der Waals surface area contributed by atoms with Crippen LogP contribution >= 0.6 is 0 Å². The molecule has 1 N–H and O–H groups in total. The Hall–Kier alpha value is -1.56. The number of rotatable bonds is 2. The summed E-state index contributed by atoms with van der Waals surface area (Å²) in [6, 6.07) is 6.37. The number of aryl methyl sites for hydroxylation is 1. The van der Waals surface area contributed by atoms with Gasteiger partial charge in [0.2, 0.25) is 0 Å². The second-order valence-corrected chi connectivity index (χ2v) is 4.62. The second kappa shape index (κ2) is 4.52. The van der Waals surface area contributed by atoms with Crippen LogP contribution in [0.2, 0.25) is 0 Å². The molecule has 1 heterocycles. The number of anilines is 1. The van der Waals surface area contributed by atoms with Crippen molar-refractivity contribution in [3.8, 4) is 6.07 Å². The van der Waals surface area contributed by atoms with Crippen molar-refractivity contribution in [3.05, 3.63) is 23.4 Å². The molecule has 0 spiro atoms. The summed E-state index contributed by atoms with van der Waals surface area (Å²) in [7, 11) is 0. The average molecular weight is 215 g/mol. The Kier molecular flexibility index (Phi) is 3.09. The van der Waals surface area contributed by atoms with Gasteiger partial charge in [-0.15, -0.1) is 0 Å². The van der Waals surface area contributed by atoms with Crippen LogP contribution < -0.4 is 5.32 Å². The lowest BCUT2D eigenvalue weighted by atomic mass is 10.1. The summed E-state index contributed by atoms with van der Waals surface area (Å²) in [5, 5.41) is 12.4. The fourth-order valence-electron chi connectivity index (χ4n) is 2.29. The minimum Gasteiger partial charge on any atom is -0.366 e. The lowest BCUT2D eigenvalue weighted by Gasteiger charge is -2.18. The Bertz CT molecular complexity index is 420. The molecule has 1 aliphatic rings. The topological polar surface area (TPSA) is 48.7 Å². The number of hydrogen-bond acceptors (Lipinski definition) is 3. The zero-order chi connectivity index (χ0) is 11.5. The van der Waals surface area contributed by atoms with Gasteiger partial charge in [-0.2, -0.15) is 5.26 Å². The Balaban J connectivity index is 2.20. The highest BCUT2D eigenvalue weighted by atomic mass is 15.0. The number of aromatic nitrogens is 1. The molecule has 16 heavy (non-hydrogen) atoms. The highest BCUT2D eigenvalue weighted by Crippen LogP contribution is 2.28. The van der Waals surface area contributed by atoms with Crippen LogP contribution in [0.15, 0.2) is 12.1 Å². The summed E-state index contributed by atoms with van der Waals surface area (Å²) in [4.78, 5) is 4.41. The number of hydrogen-bond donors (Lipinski definition) is 1. The van der Waals surface area contributed by atoms with E-state index in [1.165, 1.54) is 19.3 Å². The van der Waals surface area contributed by atoms with Crippen molar-refractivity contribution >= 4 is 5.82 Å². The molecule has 1 aromatic rings. The summed E-state index contributed by atoms with van der Waals surface area (Å²) in [6.45, 7) is 4.21. The van der Waals surface area contributed by atoms with Gasteiger partial charge in [0.1, 0.15) is 11.9 Å². The van der Waals surface area contributed by atoms with E-state index in [4.69, 9.17) is 5.26 Å². The van der Waals surface area contributed by atoms with Crippen LogP contribution in [0.4, 0.5) is 5.82 Å². The molecule has 2 rings (SSSR count). The SMILES string of the molecule is Cc1ccc(C#N)c(NC2CCCC2C)n1. The molecular formula is C13H17N3. The molecule has 1 fully saturated rings. The molecule has 0 aliphatic heterocycles. The Morgan fingerprint density at radius 2 is 2.25 bits per heavy atom. The zero-order valence-electron chi connectivity index (χ0n) is 9.83. The second-order valence-electron chi connectivity index (χ2n) is 4.62. The standard InChI is InChI=1S/C13H17N3/c1-9-4-3-5-12(9)16-13-11(8-14)7-6-10(2)15-13/h6-7,9,12H,3-5H2,1-2H3,(H,15,16). The largest absolute Gasteiger partial charge is 0.366 e. The number of nitriles is 1. The first kappa shape index (κ1) is 10.9. The van der Waals surface area contributed by atoms with Crippen molar-refractivity contribution in [3.63, 3.8) is 0 Å². The van der Waals surface area contributed by atoms with Crippen LogP contribution in [0, 0.1) is 24.2 Å². The average Bonchev–Trinajstić information content (AvgIpc) is 2.65. The predicted octanol–water partition coefficient (Wildman–Crippen LogP) is 2.86. The van der Waals surface area contributed by atoms with Gasteiger partial charge in [0.15, 0.2) is 0 Å². The van der Waals surface area contributed by atoms with Crippen molar-refractivity contribution in [2.45, 2.75) is 39.2 Å². The molecule has 3 nitrogen and oxygen atoms in total. The van der Waals surface area contributed by atoms with E-state index in [-0.39, 0.29) is 0 Å². The van der Waals surface area contributed by atoms with Gasteiger partial charge < -0.3 is 5.32 Å². The Labute approximate surface area is 96.5 Å². The maximum absolute atomic E-state index is 9.02. The van der Waals surface area contributed by atoms with Gasteiger partial charge in [0.05, 0.1) is 5.56 Å². The molecule has 84 valence electrons. The van der Waals surface area contributed by atoms with E-state index in [9.17, 15) is 0 Å². The summed E-state index contributed by atoms with van der Waals surface area (Å²) in [6.07, 6.45) is 3.72. The molecule has 2 atom stereocenters. The van der Waals surface area contributed by atoms with Crippen LogP contribution in [-0.2, 0) is 0 Å². The van der Waals surface area contributed by atoms with Gasteiger partial charge in [-0.25, -0.2) is 4.98 Å². The van der Waals surface area contributed by atoms with Crippen LogP contribution in [0.25, 0.3) is 0 Å². The first-order valence-electron chi connectivity index (χ1n) is 5.85. The molecule has 0 radical (unpaired) electrons. The van der Waals surface area contributed by atoms with E-state index in [1.807, 2.05) is 19.1 Å². The van der Waals surface area contributed by atoms with E-state index < -0.39 is 0 Å². The van der Waals surface area contributed by atoms with Crippen molar-refractivity contribution in [2.75, 3.05) is 5.32 Å². The highest BCUT2D eigenvalue weighted by molar-refractivity contribution is 5.52. The maximum Gasteiger partial charge on any atom is 0.144 e. The molecule has 2 unspecified atom stereocenters. The molecule has 0 bridgehead atoms. The summed E-state index contributed by atoms with van der Waals surface area (Å²) < 4.78 is 0. The maximum atomic E-state index is 9.02. The molecule has 0 saturated heterocycles. The van der Waals surface area contributed by atoms with Crippen molar-refractivity contribution in [2.24, 2.45) is 5.92 Å². The quantitative estimate of drug-likeness (QED) is 0.825. The fourth-order valence-corrected chi connectivity index (χ4v) is 2.29. The molecule has 1 saturated carbocycles. The normalized spacial score (nSPS) is 24.1. The predicted molar refractivity (Wildman–Crippen MR) is 64.1 cm³/mol. The molecule has 1 aliphatic carbocycles. The van der Waals surface area contributed by atoms with E-state index in [2.05, 4.69) is 23.3 Å². The monoisotopic (exact) mass is 215 g/mol. The fraction of sp³-hybridized carbons (Fsp3) is 0.538. The first-order valence-corrected chi connectivity index (χ1v) is 5.85. The first-order chi connectivity index (χ1) is 7.70. The molecule has 0 amide bonds. The van der Waals surface area contributed by atoms with Crippen molar-refractivity contribution in [1.82, 2.24) is 4.98 Å². The molecule has 3 heteroatoms. The van der Waals surface area contributed by atoms with Gasteiger partial charge in [-0.05, 0) is 37.8 Å². The van der Waals surface area contributed by atoms with Crippen molar-refractivity contribution in [1.29, 1.82) is 5.26 Å². The van der Waals surface area contributed by atoms with E-state index >= 15 is 0 Å². The van der Waals surface area contributed by atoms with Crippen LogP contribution in [0.1, 0.15) is 37.4 Å². The minimum atomic E-state index is 0.474. The third-order valence-electron chi connectivity index (χ3n) is 3.34. The third-order valence-corrected chi connectivity index (χ3v) is 3.34. The van der Waals surface area contributed by atoms with Gasteiger partial charge in [0.25, 0.3) is 0 Å². The van der Waals surface area contributed by atoms with Crippen LogP contribution in [0.5, 0.6) is 0 Å². The summed E-state index contributed by atoms with van der Waals surface area (Å²) in [5.74, 6) is 1.43. The molecule has 0 aromatic carbocycles. The Morgan fingerprint density at radius 1 is 1.44 bits per heavy atom. The van der Waals surface area contributed by atoms with E-state index in [0.717, 1.165) is 11.5 Å². The van der Waals surface area contributed by atoms with Crippen LogP contribution in [0.3, 0.4) is 0 Å². The third kappa shape index (κ3) is 2.16. The number of nitrogens with one attached hydrogen (secondary N) is 1. The molecule has 1 aromatic heterocycles. The number of pyridine rings is 1. The zero-order valence-corrected chi connectivity index (χ0v) is 9.83. The van der Waals surface area contributed by atoms with Gasteiger partial charge in [-0.3, -0.25) is 0 Å². The highest BCUT2D eigenvalue weighted by Gasteiger charge is 2.24. The lowest BCUT2D eigenvalue weighted by Crippen LogP contribution is -2.23. The Morgan fingerprint density at radius 3 is 2.88 bits per heavy atom. The van der Waals surface area contributed by atoms with Gasteiger partial charge in [0, 0.05) is 11.7 Å².